The van der Waals surface area contributed by atoms with E-state index in [-0.39, 0.29) is 0 Å². The summed E-state index contributed by atoms with van der Waals surface area (Å²) in [6.07, 6.45) is 6.27. The van der Waals surface area contributed by atoms with Gasteiger partial charge in [-0.3, -0.25) is 10.4 Å². The van der Waals surface area contributed by atoms with Crippen LogP contribution in [0.4, 0.5) is 5.88 Å². The molecule has 0 radical (unpaired) electrons. The maximum Gasteiger partial charge on any atom is 0.235 e. The van der Waals surface area contributed by atoms with Gasteiger partial charge in [-0.2, -0.15) is 0 Å². The highest BCUT2D eigenvalue weighted by Gasteiger charge is 2.34. The van der Waals surface area contributed by atoms with Crippen molar-refractivity contribution in [3.63, 3.8) is 0 Å². The minimum Gasteiger partial charge on any atom is -0.446 e. The molecule has 1 N–H and O–H groups in total. The number of hydrazone groups is 1. The Bertz CT molecular complexity index is 686. The van der Waals surface area contributed by atoms with E-state index in [4.69, 9.17) is 4.42 Å². The number of hydrazine groups is 2. The molecule has 114 valence electrons. The van der Waals surface area contributed by atoms with Crippen molar-refractivity contribution in [2.75, 3.05) is 11.7 Å². The lowest BCUT2D eigenvalue weighted by molar-refractivity contribution is 0.194. The van der Waals surface area contributed by atoms with E-state index in [9.17, 15) is 0 Å². The predicted molar refractivity (Wildman–Crippen MR) is 83.8 cm³/mol. The van der Waals surface area contributed by atoms with Crippen LogP contribution in [0.15, 0.2) is 49.4 Å². The second kappa shape index (κ2) is 4.90. The quantitative estimate of drug-likeness (QED) is 0.917. The van der Waals surface area contributed by atoms with Crippen molar-refractivity contribution in [1.29, 1.82) is 0 Å². The minimum absolute atomic E-state index is 0.602. The number of rotatable bonds is 4. The molecule has 0 spiro atoms. The van der Waals surface area contributed by atoms with Crippen LogP contribution in [0.1, 0.15) is 20.3 Å². The molecule has 0 fully saturated rings. The van der Waals surface area contributed by atoms with Crippen molar-refractivity contribution in [2.24, 2.45) is 21.0 Å². The SMILES string of the molecule is CC(C)CCN1C=NC2=C3NN(c4ccco4)N=C3N=CN21. The summed E-state index contributed by atoms with van der Waals surface area (Å²) < 4.78 is 5.34. The molecule has 3 aliphatic heterocycles. The van der Waals surface area contributed by atoms with Crippen LogP contribution >= 0.6 is 0 Å². The zero-order valence-electron chi connectivity index (χ0n) is 12.5. The molecule has 1 aromatic heterocycles. The monoisotopic (exact) mass is 299 g/mol. The van der Waals surface area contributed by atoms with Crippen LogP contribution in [0.3, 0.4) is 0 Å². The third-order valence-corrected chi connectivity index (χ3v) is 3.61. The molecular formula is C14H17N7O. The van der Waals surface area contributed by atoms with Gasteiger partial charge < -0.3 is 4.42 Å². The Morgan fingerprint density at radius 1 is 1.27 bits per heavy atom. The highest BCUT2D eigenvalue weighted by Crippen LogP contribution is 2.27. The van der Waals surface area contributed by atoms with E-state index in [0.717, 1.165) is 24.5 Å². The molecular weight excluding hydrogens is 282 g/mol. The zero-order chi connectivity index (χ0) is 15.1. The molecule has 0 atom stereocenters. The fourth-order valence-corrected chi connectivity index (χ4v) is 2.38. The fourth-order valence-electron chi connectivity index (χ4n) is 2.38. The van der Waals surface area contributed by atoms with Crippen LogP contribution in [-0.2, 0) is 0 Å². The predicted octanol–water partition coefficient (Wildman–Crippen LogP) is 1.74. The Labute approximate surface area is 128 Å². The summed E-state index contributed by atoms with van der Waals surface area (Å²) in [5, 5.41) is 9.94. The number of anilines is 1. The van der Waals surface area contributed by atoms with Gasteiger partial charge >= 0.3 is 0 Å². The molecule has 0 unspecified atom stereocenters. The lowest BCUT2D eigenvalue weighted by Crippen LogP contribution is -2.40. The summed E-state index contributed by atoms with van der Waals surface area (Å²) in [6.45, 7) is 5.32. The molecule has 0 saturated carbocycles. The summed E-state index contributed by atoms with van der Waals surface area (Å²) in [5.74, 6) is 2.65. The Hall–Kier alpha value is -2.77. The molecule has 4 rings (SSSR count). The van der Waals surface area contributed by atoms with Gasteiger partial charge in [0.1, 0.15) is 18.4 Å². The summed E-state index contributed by atoms with van der Waals surface area (Å²) in [4.78, 5) is 8.89. The van der Waals surface area contributed by atoms with Crippen molar-refractivity contribution < 1.29 is 4.42 Å². The number of hydrogen-bond acceptors (Lipinski definition) is 8. The summed E-state index contributed by atoms with van der Waals surface area (Å²) in [6, 6.07) is 3.64. The molecule has 0 saturated heterocycles. The standard InChI is InChI=1S/C14H17N7O/c1-10(2)5-6-19-8-16-14-12-13(15-9-20(14)19)18-21(17-12)11-4-3-7-22-11/h3-4,7-10,17H,5-6H2,1-2H3. The Balaban J connectivity index is 1.56. The average Bonchev–Trinajstić information content (AvgIpc) is 3.22. The minimum atomic E-state index is 0.602. The van der Waals surface area contributed by atoms with E-state index < -0.39 is 0 Å². The van der Waals surface area contributed by atoms with Gasteiger partial charge in [0, 0.05) is 12.6 Å². The van der Waals surface area contributed by atoms with Gasteiger partial charge in [0.25, 0.3) is 0 Å². The molecule has 8 nitrogen and oxygen atoms in total. The second-order valence-corrected chi connectivity index (χ2v) is 5.68. The van der Waals surface area contributed by atoms with E-state index in [1.54, 1.807) is 17.7 Å². The first-order valence-electron chi connectivity index (χ1n) is 7.30. The van der Waals surface area contributed by atoms with E-state index in [1.165, 1.54) is 0 Å². The number of aliphatic imine (C=N–C) groups is 2. The summed E-state index contributed by atoms with van der Waals surface area (Å²) in [5.41, 5.74) is 3.95. The highest BCUT2D eigenvalue weighted by molar-refractivity contribution is 6.07. The maximum atomic E-state index is 5.34. The van der Waals surface area contributed by atoms with E-state index in [0.29, 0.717) is 17.6 Å². The normalized spacial score (nSPS) is 19.0. The molecule has 8 heteroatoms. The molecule has 0 bridgehead atoms. The number of nitrogens with one attached hydrogen (secondary N) is 1. The van der Waals surface area contributed by atoms with Gasteiger partial charge in [-0.25, -0.2) is 15.0 Å². The van der Waals surface area contributed by atoms with Crippen molar-refractivity contribution in [2.45, 2.75) is 20.3 Å². The van der Waals surface area contributed by atoms with Gasteiger partial charge in [0.05, 0.1) is 6.26 Å². The molecule has 0 amide bonds. The zero-order valence-corrected chi connectivity index (χ0v) is 12.5. The van der Waals surface area contributed by atoms with E-state index >= 15 is 0 Å². The number of amidine groups is 1. The average molecular weight is 299 g/mol. The molecule has 1 aromatic rings. The second-order valence-electron chi connectivity index (χ2n) is 5.68. The lowest BCUT2D eigenvalue weighted by atomic mass is 10.1. The number of furan rings is 1. The molecule has 3 aliphatic rings. The number of hydrogen-bond donors (Lipinski definition) is 1. The van der Waals surface area contributed by atoms with Crippen molar-refractivity contribution in [3.8, 4) is 0 Å². The van der Waals surface area contributed by atoms with Crippen LogP contribution in [0.25, 0.3) is 0 Å². The Kier molecular flexibility index (Phi) is 2.88. The smallest absolute Gasteiger partial charge is 0.235 e. The van der Waals surface area contributed by atoms with Crippen LogP contribution in [0.5, 0.6) is 0 Å². The van der Waals surface area contributed by atoms with Crippen LogP contribution in [0.2, 0.25) is 0 Å². The summed E-state index contributed by atoms with van der Waals surface area (Å²) in [7, 11) is 0. The molecule has 22 heavy (non-hydrogen) atoms. The summed E-state index contributed by atoms with van der Waals surface area (Å²) >= 11 is 0. The highest BCUT2D eigenvalue weighted by atomic mass is 16.4. The molecule has 4 heterocycles. The number of nitrogens with zero attached hydrogens (tertiary/aromatic N) is 6. The van der Waals surface area contributed by atoms with Crippen LogP contribution in [0, 0.1) is 5.92 Å². The van der Waals surface area contributed by atoms with Crippen molar-refractivity contribution in [3.05, 3.63) is 29.9 Å². The largest absolute Gasteiger partial charge is 0.446 e. The van der Waals surface area contributed by atoms with Gasteiger partial charge in [-0.05, 0) is 18.4 Å². The molecule has 0 aromatic carbocycles. The Morgan fingerprint density at radius 3 is 2.95 bits per heavy atom. The Morgan fingerprint density at radius 2 is 2.18 bits per heavy atom. The first-order valence-corrected chi connectivity index (χ1v) is 7.30. The van der Waals surface area contributed by atoms with Crippen LogP contribution in [-0.4, -0.2) is 35.1 Å². The van der Waals surface area contributed by atoms with Crippen molar-refractivity contribution in [1.82, 2.24) is 15.4 Å². The molecule has 0 aliphatic carbocycles. The van der Waals surface area contributed by atoms with Gasteiger partial charge in [0.15, 0.2) is 5.82 Å². The van der Waals surface area contributed by atoms with Crippen LogP contribution < -0.4 is 10.5 Å². The maximum absolute atomic E-state index is 5.34. The topological polar surface area (TPSA) is 72.0 Å². The van der Waals surface area contributed by atoms with Gasteiger partial charge in [0.2, 0.25) is 11.7 Å². The number of fused-ring (bicyclic) bond motifs is 2. The van der Waals surface area contributed by atoms with E-state index in [1.807, 2.05) is 23.5 Å². The third-order valence-electron chi connectivity index (χ3n) is 3.61. The van der Waals surface area contributed by atoms with Crippen molar-refractivity contribution >= 4 is 24.4 Å². The first kappa shape index (κ1) is 12.9. The first-order chi connectivity index (χ1) is 10.7. The third kappa shape index (κ3) is 2.03. The van der Waals surface area contributed by atoms with Gasteiger partial charge in [-0.1, -0.05) is 13.8 Å². The van der Waals surface area contributed by atoms with E-state index in [2.05, 4.69) is 39.4 Å². The van der Waals surface area contributed by atoms with Gasteiger partial charge in [-0.15, -0.1) is 10.2 Å². The fraction of sp³-hybridized carbons (Fsp3) is 0.357. The lowest BCUT2D eigenvalue weighted by Gasteiger charge is -2.28.